The van der Waals surface area contributed by atoms with Crippen LogP contribution < -0.4 is 5.32 Å². The topological polar surface area (TPSA) is 96.2 Å². The van der Waals surface area contributed by atoms with E-state index in [0.29, 0.717) is 23.1 Å². The van der Waals surface area contributed by atoms with Gasteiger partial charge in [-0.1, -0.05) is 25.0 Å². The molecular weight excluding hydrogens is 521 g/mol. The van der Waals surface area contributed by atoms with Crippen molar-refractivity contribution in [1.29, 1.82) is 0 Å². The molecule has 6 rings (SSSR count). The lowest BCUT2D eigenvalue weighted by Crippen LogP contribution is -2.37. The molecule has 0 spiro atoms. The van der Waals surface area contributed by atoms with Crippen LogP contribution in [0.4, 0.5) is 4.39 Å². The zero-order valence-electron chi connectivity index (χ0n) is 23.8. The summed E-state index contributed by atoms with van der Waals surface area (Å²) in [5.74, 6) is 0.746. The third-order valence-corrected chi connectivity index (χ3v) is 9.17. The Bertz CT molecular complexity index is 1390. The highest BCUT2D eigenvalue weighted by molar-refractivity contribution is 5.96. The second-order valence-electron chi connectivity index (χ2n) is 11.9. The lowest BCUT2D eigenvalue weighted by Gasteiger charge is -2.26. The van der Waals surface area contributed by atoms with Crippen LogP contribution in [0.1, 0.15) is 65.5 Å². The molecule has 10 heteroatoms. The molecule has 2 saturated heterocycles. The standard InChI is InChI=1S/C31H38FN7O2/c1-20-29(21(2)39(36-20)27-13-33-19-34-14-27)31(41)38-17-24-15-37(16-25(24)18-38)11-10-28(23-8-5-9-26(32)12-23)35-30(40)22-6-3-4-7-22/h5,8-9,12-14,19,22,24-25,28H,3-4,6-7,10-11,15-18H2,1-2H3,(H,35,40)/t24?,25?,28-/m0/s1. The molecule has 0 bridgehead atoms. The molecule has 41 heavy (non-hydrogen) atoms. The van der Waals surface area contributed by atoms with Gasteiger partial charge in [0.05, 0.1) is 35.4 Å². The lowest BCUT2D eigenvalue weighted by molar-refractivity contribution is -0.125. The number of rotatable bonds is 8. The van der Waals surface area contributed by atoms with E-state index in [2.05, 4.69) is 25.3 Å². The highest BCUT2D eigenvalue weighted by Crippen LogP contribution is 2.34. The van der Waals surface area contributed by atoms with Gasteiger partial charge in [-0.2, -0.15) is 5.10 Å². The zero-order valence-corrected chi connectivity index (χ0v) is 23.8. The van der Waals surface area contributed by atoms with Gasteiger partial charge in [0.2, 0.25) is 5.91 Å². The summed E-state index contributed by atoms with van der Waals surface area (Å²) in [4.78, 5) is 39.1. The van der Waals surface area contributed by atoms with Gasteiger partial charge in [0.15, 0.2) is 0 Å². The Kier molecular flexibility index (Phi) is 7.84. The van der Waals surface area contributed by atoms with Crippen molar-refractivity contribution in [2.45, 2.75) is 52.0 Å². The van der Waals surface area contributed by atoms with E-state index in [0.717, 1.165) is 81.8 Å². The third-order valence-electron chi connectivity index (χ3n) is 9.17. The number of amides is 2. The SMILES string of the molecule is Cc1nn(-c2cncnc2)c(C)c1C(=O)N1CC2CN(CC[C@H](NC(=O)C3CCCC3)c3cccc(F)c3)CC2C1. The van der Waals surface area contributed by atoms with E-state index in [1.54, 1.807) is 29.2 Å². The predicted octanol–water partition coefficient (Wildman–Crippen LogP) is 3.86. The molecule has 1 saturated carbocycles. The Morgan fingerprint density at radius 3 is 2.44 bits per heavy atom. The highest BCUT2D eigenvalue weighted by atomic mass is 19.1. The Labute approximate surface area is 240 Å². The molecule has 1 N–H and O–H groups in total. The Morgan fingerprint density at radius 1 is 1.05 bits per heavy atom. The maximum absolute atomic E-state index is 14.1. The Balaban J connectivity index is 1.07. The first-order chi connectivity index (χ1) is 19.9. The van der Waals surface area contributed by atoms with Gasteiger partial charge in [0.25, 0.3) is 5.91 Å². The van der Waals surface area contributed by atoms with Gasteiger partial charge in [-0.15, -0.1) is 0 Å². The quantitative estimate of drug-likeness (QED) is 0.450. The van der Waals surface area contributed by atoms with Crippen molar-refractivity contribution in [2.24, 2.45) is 17.8 Å². The minimum absolute atomic E-state index is 0.0323. The number of carbonyl (C=O) groups excluding carboxylic acids is 2. The number of fused-ring (bicyclic) bond motifs is 1. The van der Waals surface area contributed by atoms with Gasteiger partial charge in [-0.05, 0) is 62.6 Å². The summed E-state index contributed by atoms with van der Waals surface area (Å²) in [6, 6.07) is 6.39. The van der Waals surface area contributed by atoms with Gasteiger partial charge >= 0.3 is 0 Å². The van der Waals surface area contributed by atoms with Gasteiger partial charge in [-0.3, -0.25) is 9.59 Å². The summed E-state index contributed by atoms with van der Waals surface area (Å²) >= 11 is 0. The molecule has 0 radical (unpaired) electrons. The molecule has 2 unspecified atom stereocenters. The average Bonchev–Trinajstić information content (AvgIpc) is 3.75. The van der Waals surface area contributed by atoms with E-state index in [1.165, 1.54) is 12.4 Å². The van der Waals surface area contributed by atoms with Crippen molar-refractivity contribution < 1.29 is 14.0 Å². The van der Waals surface area contributed by atoms with Crippen molar-refractivity contribution in [1.82, 2.24) is 34.9 Å². The van der Waals surface area contributed by atoms with E-state index in [1.807, 2.05) is 24.8 Å². The molecule has 3 fully saturated rings. The molecular formula is C31H38FN7O2. The fourth-order valence-electron chi connectivity index (χ4n) is 7.04. The third kappa shape index (κ3) is 5.75. The van der Waals surface area contributed by atoms with Crippen LogP contribution in [0.2, 0.25) is 0 Å². The molecule has 216 valence electrons. The second kappa shape index (κ2) is 11.7. The van der Waals surface area contributed by atoms with Crippen molar-refractivity contribution in [3.8, 4) is 5.69 Å². The van der Waals surface area contributed by atoms with Crippen LogP contribution in [0.5, 0.6) is 0 Å². The average molecular weight is 560 g/mol. The van der Waals surface area contributed by atoms with Crippen LogP contribution in [0.15, 0.2) is 43.0 Å². The van der Waals surface area contributed by atoms with Crippen LogP contribution >= 0.6 is 0 Å². The van der Waals surface area contributed by atoms with E-state index >= 15 is 0 Å². The van der Waals surface area contributed by atoms with Crippen molar-refractivity contribution in [3.63, 3.8) is 0 Å². The van der Waals surface area contributed by atoms with E-state index in [4.69, 9.17) is 0 Å². The van der Waals surface area contributed by atoms with Gasteiger partial charge < -0.3 is 15.1 Å². The summed E-state index contributed by atoms with van der Waals surface area (Å²) in [6.45, 7) is 7.89. The molecule has 3 aromatic rings. The lowest BCUT2D eigenvalue weighted by atomic mass is 10.0. The number of hydrogen-bond donors (Lipinski definition) is 1. The zero-order chi connectivity index (χ0) is 28.5. The molecule has 2 aromatic heterocycles. The molecule has 2 amide bonds. The molecule has 1 aromatic carbocycles. The number of halogens is 1. The van der Waals surface area contributed by atoms with Crippen LogP contribution in [0.25, 0.3) is 5.69 Å². The number of hydrogen-bond acceptors (Lipinski definition) is 6. The maximum atomic E-state index is 14.1. The minimum atomic E-state index is -0.281. The van der Waals surface area contributed by atoms with E-state index < -0.39 is 0 Å². The first-order valence-electron chi connectivity index (χ1n) is 14.8. The molecule has 4 heterocycles. The summed E-state index contributed by atoms with van der Waals surface area (Å²) in [5, 5.41) is 7.84. The van der Waals surface area contributed by atoms with Crippen molar-refractivity contribution in [2.75, 3.05) is 32.7 Å². The predicted molar refractivity (Wildman–Crippen MR) is 152 cm³/mol. The number of nitrogens with zero attached hydrogens (tertiary/aromatic N) is 6. The Hall–Kier alpha value is -3.66. The molecule has 9 nitrogen and oxygen atoms in total. The molecule has 3 atom stereocenters. The van der Waals surface area contributed by atoms with Gasteiger partial charge in [0, 0.05) is 38.6 Å². The number of aromatic nitrogens is 4. The Morgan fingerprint density at radius 2 is 1.76 bits per heavy atom. The van der Waals surface area contributed by atoms with Crippen molar-refractivity contribution in [3.05, 3.63) is 71.3 Å². The number of aryl methyl sites for hydroxylation is 1. The second-order valence-corrected chi connectivity index (χ2v) is 11.9. The first-order valence-corrected chi connectivity index (χ1v) is 14.8. The largest absolute Gasteiger partial charge is 0.349 e. The number of carbonyl (C=O) groups is 2. The van der Waals surface area contributed by atoms with Crippen molar-refractivity contribution >= 4 is 11.8 Å². The van der Waals surface area contributed by atoms with Crippen LogP contribution in [-0.4, -0.2) is 74.1 Å². The fourth-order valence-corrected chi connectivity index (χ4v) is 7.04. The summed E-state index contributed by atoms with van der Waals surface area (Å²) < 4.78 is 15.8. The van der Waals surface area contributed by atoms with Gasteiger partial charge in [-0.25, -0.2) is 19.0 Å². The van der Waals surface area contributed by atoms with Crippen LogP contribution in [0, 0.1) is 37.4 Å². The van der Waals surface area contributed by atoms with E-state index in [-0.39, 0.29) is 29.6 Å². The smallest absolute Gasteiger partial charge is 0.257 e. The number of likely N-dealkylation sites (tertiary alicyclic amines) is 2. The summed E-state index contributed by atoms with van der Waals surface area (Å²) in [5.41, 5.74) is 3.71. The van der Waals surface area contributed by atoms with E-state index in [9.17, 15) is 14.0 Å². The molecule has 3 aliphatic rings. The molecule has 2 aliphatic heterocycles. The van der Waals surface area contributed by atoms with Gasteiger partial charge in [0.1, 0.15) is 17.8 Å². The molecule has 1 aliphatic carbocycles. The highest BCUT2D eigenvalue weighted by Gasteiger charge is 2.42. The minimum Gasteiger partial charge on any atom is -0.349 e. The monoisotopic (exact) mass is 559 g/mol. The number of nitrogens with one attached hydrogen (secondary N) is 1. The normalized spacial score (nSPS) is 21.8. The summed E-state index contributed by atoms with van der Waals surface area (Å²) in [7, 11) is 0. The first kappa shape index (κ1) is 27.5. The maximum Gasteiger partial charge on any atom is 0.257 e. The summed E-state index contributed by atoms with van der Waals surface area (Å²) in [6.07, 6.45) is 9.65. The fraction of sp³-hybridized carbons (Fsp3) is 0.516. The van der Waals surface area contributed by atoms with Crippen LogP contribution in [0.3, 0.4) is 0 Å². The van der Waals surface area contributed by atoms with Crippen LogP contribution in [-0.2, 0) is 4.79 Å². The number of benzene rings is 1.